The molecule has 8 nitrogen and oxygen atoms in total. The molecule has 1 saturated carbocycles. The lowest BCUT2D eigenvalue weighted by atomic mass is 10.2. The third-order valence-corrected chi connectivity index (χ3v) is 3.65. The molecule has 0 aliphatic heterocycles. The molecule has 2 heterocycles. The standard InChI is InChI=1S/C11H16N6O2/c1-13-10-7-11(15-3-14-10)17(4-16-7)6-2-5(12)8(18)9(6)19/h3-6,8-9,18-19H,2,12H2,1H3,(H,13,14,15)/t5-,6+,8-,9+/m1/s1. The topological polar surface area (TPSA) is 122 Å². The number of anilines is 1. The molecule has 8 heteroatoms. The van der Waals surface area contributed by atoms with Crippen LogP contribution in [-0.2, 0) is 0 Å². The summed E-state index contributed by atoms with van der Waals surface area (Å²) in [5, 5.41) is 22.7. The van der Waals surface area contributed by atoms with E-state index in [1.807, 2.05) is 0 Å². The van der Waals surface area contributed by atoms with Gasteiger partial charge in [-0.15, -0.1) is 0 Å². The fourth-order valence-corrected chi connectivity index (χ4v) is 2.59. The average Bonchev–Trinajstić information content (AvgIpc) is 2.95. The van der Waals surface area contributed by atoms with Crippen LogP contribution in [0, 0.1) is 0 Å². The fraction of sp³-hybridized carbons (Fsp3) is 0.545. The van der Waals surface area contributed by atoms with Gasteiger partial charge < -0.3 is 25.8 Å². The van der Waals surface area contributed by atoms with Gasteiger partial charge in [0, 0.05) is 13.1 Å². The maximum Gasteiger partial charge on any atom is 0.165 e. The van der Waals surface area contributed by atoms with E-state index >= 15 is 0 Å². The van der Waals surface area contributed by atoms with Gasteiger partial charge in [-0.2, -0.15) is 0 Å². The Morgan fingerprint density at radius 1 is 1.32 bits per heavy atom. The van der Waals surface area contributed by atoms with Crippen LogP contribution in [0.2, 0.25) is 0 Å². The summed E-state index contributed by atoms with van der Waals surface area (Å²) in [7, 11) is 1.75. The van der Waals surface area contributed by atoms with Crippen molar-refractivity contribution in [3.8, 4) is 0 Å². The van der Waals surface area contributed by atoms with Crippen molar-refractivity contribution in [3.05, 3.63) is 12.7 Å². The first-order valence-corrected chi connectivity index (χ1v) is 6.10. The molecule has 5 N–H and O–H groups in total. The molecule has 1 aliphatic rings. The van der Waals surface area contributed by atoms with E-state index in [2.05, 4.69) is 20.3 Å². The van der Waals surface area contributed by atoms with Gasteiger partial charge >= 0.3 is 0 Å². The van der Waals surface area contributed by atoms with Gasteiger partial charge in [-0.3, -0.25) is 0 Å². The molecule has 1 fully saturated rings. The van der Waals surface area contributed by atoms with Crippen molar-refractivity contribution in [1.29, 1.82) is 0 Å². The number of hydrogen-bond acceptors (Lipinski definition) is 7. The quantitative estimate of drug-likeness (QED) is 0.541. The van der Waals surface area contributed by atoms with Crippen molar-refractivity contribution >= 4 is 17.0 Å². The van der Waals surface area contributed by atoms with E-state index in [1.54, 1.807) is 17.9 Å². The zero-order valence-electron chi connectivity index (χ0n) is 10.4. The fourth-order valence-electron chi connectivity index (χ4n) is 2.59. The van der Waals surface area contributed by atoms with E-state index in [1.165, 1.54) is 6.33 Å². The second-order valence-electron chi connectivity index (χ2n) is 4.74. The van der Waals surface area contributed by atoms with Crippen LogP contribution in [0.15, 0.2) is 12.7 Å². The predicted octanol–water partition coefficient (Wildman–Crippen LogP) is -1.14. The first-order chi connectivity index (χ1) is 9.13. The van der Waals surface area contributed by atoms with Crippen LogP contribution < -0.4 is 11.1 Å². The Morgan fingerprint density at radius 2 is 2.11 bits per heavy atom. The summed E-state index contributed by atoms with van der Waals surface area (Å²) in [5.74, 6) is 0.626. The van der Waals surface area contributed by atoms with Crippen molar-refractivity contribution in [2.45, 2.75) is 30.7 Å². The highest BCUT2D eigenvalue weighted by Crippen LogP contribution is 2.32. The van der Waals surface area contributed by atoms with Gasteiger partial charge in [0.1, 0.15) is 17.9 Å². The Hall–Kier alpha value is -1.77. The smallest absolute Gasteiger partial charge is 0.165 e. The van der Waals surface area contributed by atoms with Crippen LogP contribution in [0.25, 0.3) is 11.2 Å². The highest BCUT2D eigenvalue weighted by Gasteiger charge is 2.41. The van der Waals surface area contributed by atoms with Crippen molar-refractivity contribution in [3.63, 3.8) is 0 Å². The molecule has 0 amide bonds. The Bertz CT molecular complexity index is 600. The lowest BCUT2D eigenvalue weighted by Gasteiger charge is -2.17. The second kappa shape index (κ2) is 4.41. The number of fused-ring (bicyclic) bond motifs is 1. The van der Waals surface area contributed by atoms with Crippen molar-refractivity contribution in [2.75, 3.05) is 12.4 Å². The average molecular weight is 264 g/mol. The normalized spacial score (nSPS) is 30.9. The molecular formula is C11H16N6O2. The molecule has 19 heavy (non-hydrogen) atoms. The highest BCUT2D eigenvalue weighted by molar-refractivity contribution is 5.82. The molecule has 102 valence electrons. The summed E-state index contributed by atoms with van der Waals surface area (Å²) in [5.41, 5.74) is 7.02. The molecule has 0 saturated heterocycles. The van der Waals surface area contributed by atoms with Crippen molar-refractivity contribution in [2.24, 2.45) is 5.73 Å². The maximum absolute atomic E-state index is 10.0. The molecule has 0 spiro atoms. The number of nitrogens with zero attached hydrogens (tertiary/aromatic N) is 4. The van der Waals surface area contributed by atoms with E-state index in [4.69, 9.17) is 5.73 Å². The van der Waals surface area contributed by atoms with Crippen LogP contribution in [0.3, 0.4) is 0 Å². The lowest BCUT2D eigenvalue weighted by molar-refractivity contribution is 0.0187. The van der Waals surface area contributed by atoms with Gasteiger partial charge in [0.15, 0.2) is 11.5 Å². The van der Waals surface area contributed by atoms with Crippen LogP contribution in [0.1, 0.15) is 12.5 Å². The number of rotatable bonds is 2. The highest BCUT2D eigenvalue weighted by atomic mass is 16.3. The lowest BCUT2D eigenvalue weighted by Crippen LogP contribution is -2.35. The van der Waals surface area contributed by atoms with Crippen LogP contribution in [-0.4, -0.2) is 55.0 Å². The molecule has 3 rings (SSSR count). The van der Waals surface area contributed by atoms with Gasteiger partial charge in [0.05, 0.1) is 18.5 Å². The number of aromatic nitrogens is 4. The van der Waals surface area contributed by atoms with E-state index < -0.39 is 18.2 Å². The number of nitrogens with two attached hydrogens (primary N) is 1. The minimum Gasteiger partial charge on any atom is -0.389 e. The maximum atomic E-state index is 10.0. The molecule has 1 aliphatic carbocycles. The zero-order valence-corrected chi connectivity index (χ0v) is 10.4. The Balaban J connectivity index is 2.07. The Labute approximate surface area is 109 Å². The molecule has 2 aromatic rings. The zero-order chi connectivity index (χ0) is 13.6. The monoisotopic (exact) mass is 264 g/mol. The third-order valence-electron chi connectivity index (χ3n) is 3.65. The first kappa shape index (κ1) is 12.3. The first-order valence-electron chi connectivity index (χ1n) is 6.10. The summed E-state index contributed by atoms with van der Waals surface area (Å²) in [6.45, 7) is 0. The van der Waals surface area contributed by atoms with Gasteiger partial charge in [-0.1, -0.05) is 0 Å². The minimum absolute atomic E-state index is 0.324. The van der Waals surface area contributed by atoms with E-state index in [-0.39, 0.29) is 6.04 Å². The number of nitrogens with one attached hydrogen (secondary N) is 1. The van der Waals surface area contributed by atoms with E-state index in [0.717, 1.165) is 0 Å². The van der Waals surface area contributed by atoms with Crippen LogP contribution in [0.4, 0.5) is 5.82 Å². The molecule has 2 aromatic heterocycles. The summed E-state index contributed by atoms with van der Waals surface area (Å²) < 4.78 is 1.75. The summed E-state index contributed by atoms with van der Waals surface area (Å²) >= 11 is 0. The summed E-state index contributed by atoms with van der Waals surface area (Å²) in [6, 6.07) is -0.766. The van der Waals surface area contributed by atoms with Crippen molar-refractivity contribution < 1.29 is 10.2 Å². The molecule has 0 aromatic carbocycles. The van der Waals surface area contributed by atoms with Crippen LogP contribution >= 0.6 is 0 Å². The largest absolute Gasteiger partial charge is 0.389 e. The Morgan fingerprint density at radius 3 is 2.74 bits per heavy atom. The Kier molecular flexibility index (Phi) is 2.85. The molecule has 4 atom stereocenters. The van der Waals surface area contributed by atoms with Gasteiger partial charge in [-0.25, -0.2) is 15.0 Å². The molecule has 0 unspecified atom stereocenters. The number of hydrogen-bond donors (Lipinski definition) is 4. The molecule has 0 radical (unpaired) electrons. The summed E-state index contributed by atoms with van der Waals surface area (Å²) in [4.78, 5) is 12.5. The number of aliphatic hydroxyl groups excluding tert-OH is 2. The van der Waals surface area contributed by atoms with E-state index in [0.29, 0.717) is 23.4 Å². The van der Waals surface area contributed by atoms with E-state index in [9.17, 15) is 10.2 Å². The van der Waals surface area contributed by atoms with Gasteiger partial charge in [-0.05, 0) is 6.42 Å². The number of aliphatic hydroxyl groups is 2. The van der Waals surface area contributed by atoms with Gasteiger partial charge in [0.25, 0.3) is 0 Å². The van der Waals surface area contributed by atoms with Gasteiger partial charge in [0.2, 0.25) is 0 Å². The SMILES string of the molecule is CNc1ncnc2c1ncn2[C@H]1C[C@@H](N)[C@@H](O)[C@H]1O. The predicted molar refractivity (Wildman–Crippen MR) is 68.5 cm³/mol. The van der Waals surface area contributed by atoms with Crippen LogP contribution in [0.5, 0.6) is 0 Å². The minimum atomic E-state index is -0.923. The summed E-state index contributed by atoms with van der Waals surface area (Å²) in [6.07, 6.45) is 1.67. The van der Waals surface area contributed by atoms with Crippen molar-refractivity contribution in [1.82, 2.24) is 19.5 Å². The molecule has 0 bridgehead atoms. The second-order valence-corrected chi connectivity index (χ2v) is 4.74. The number of imidazole rings is 1. The molecular weight excluding hydrogens is 248 g/mol. The third kappa shape index (κ3) is 1.76.